The second kappa shape index (κ2) is 6.46. The van der Waals surface area contributed by atoms with Gasteiger partial charge in [-0.15, -0.1) is 0 Å². The van der Waals surface area contributed by atoms with Crippen LogP contribution in [0, 0.1) is 5.92 Å². The molecule has 1 amide bonds. The van der Waals surface area contributed by atoms with Crippen molar-refractivity contribution in [3.05, 3.63) is 28.2 Å². The lowest BCUT2D eigenvalue weighted by molar-refractivity contribution is 0.0927. The molecule has 0 radical (unpaired) electrons. The molecule has 1 unspecified atom stereocenters. The van der Waals surface area contributed by atoms with E-state index in [1.165, 1.54) is 25.0 Å². The monoisotopic (exact) mass is 374 g/mol. The largest absolute Gasteiger partial charge is 0.349 e. The molecule has 3 N–H and O–H groups in total. The van der Waals surface area contributed by atoms with Gasteiger partial charge in [0.2, 0.25) is 10.0 Å². The SMILES string of the molecule is CC(NC(=O)c1ccc(Br)c(S(N)(=O)=O)c1)C1CCCC1. The number of nitrogens with one attached hydrogen (secondary N) is 1. The van der Waals surface area contributed by atoms with Crippen molar-refractivity contribution in [2.24, 2.45) is 11.1 Å². The Labute approximate surface area is 133 Å². The average Bonchev–Trinajstić information content (AvgIpc) is 2.91. The van der Waals surface area contributed by atoms with Crippen LogP contribution >= 0.6 is 15.9 Å². The molecule has 1 fully saturated rings. The standard InChI is InChI=1S/C14H19BrN2O3S/c1-9(10-4-2-3-5-10)17-14(18)11-6-7-12(15)13(8-11)21(16,19)20/h6-10H,2-5H2,1H3,(H,17,18)(H2,16,19,20). The summed E-state index contributed by atoms with van der Waals surface area (Å²) >= 11 is 3.13. The van der Waals surface area contributed by atoms with E-state index in [2.05, 4.69) is 21.2 Å². The minimum Gasteiger partial charge on any atom is -0.349 e. The molecule has 0 bridgehead atoms. The number of hydrogen-bond donors (Lipinski definition) is 2. The summed E-state index contributed by atoms with van der Waals surface area (Å²) in [6.07, 6.45) is 4.67. The molecule has 0 aliphatic heterocycles. The summed E-state index contributed by atoms with van der Waals surface area (Å²) in [5.74, 6) is 0.230. The van der Waals surface area contributed by atoms with Gasteiger partial charge in [0.05, 0.1) is 4.90 Å². The maximum atomic E-state index is 12.2. The summed E-state index contributed by atoms with van der Waals surface area (Å²) in [6.45, 7) is 1.99. The fourth-order valence-corrected chi connectivity index (χ4v) is 4.28. The van der Waals surface area contributed by atoms with Gasteiger partial charge in [-0.1, -0.05) is 12.8 Å². The van der Waals surface area contributed by atoms with E-state index in [1.54, 1.807) is 6.07 Å². The van der Waals surface area contributed by atoms with Crippen molar-refractivity contribution in [2.75, 3.05) is 0 Å². The lowest BCUT2D eigenvalue weighted by atomic mass is 9.99. The first kappa shape index (κ1) is 16.5. The van der Waals surface area contributed by atoms with Gasteiger partial charge in [0.25, 0.3) is 5.91 Å². The molecule has 1 aliphatic carbocycles. The van der Waals surface area contributed by atoms with Crippen molar-refractivity contribution in [3.8, 4) is 0 Å². The fourth-order valence-electron chi connectivity index (χ4n) is 2.73. The van der Waals surface area contributed by atoms with Crippen LogP contribution in [0.5, 0.6) is 0 Å². The highest BCUT2D eigenvalue weighted by atomic mass is 79.9. The first-order valence-corrected chi connectivity index (χ1v) is 9.26. The third-order valence-corrected chi connectivity index (χ3v) is 5.87. The van der Waals surface area contributed by atoms with Gasteiger partial charge in [-0.2, -0.15) is 0 Å². The summed E-state index contributed by atoms with van der Waals surface area (Å²) in [5.41, 5.74) is 0.298. The van der Waals surface area contributed by atoms with E-state index in [9.17, 15) is 13.2 Å². The molecule has 0 spiro atoms. The highest BCUT2D eigenvalue weighted by molar-refractivity contribution is 9.10. The Morgan fingerprint density at radius 3 is 2.57 bits per heavy atom. The minimum atomic E-state index is -3.86. The van der Waals surface area contributed by atoms with E-state index in [4.69, 9.17) is 5.14 Å². The molecular formula is C14H19BrN2O3S. The predicted octanol–water partition coefficient (Wildman–Crippen LogP) is 2.41. The van der Waals surface area contributed by atoms with Crippen molar-refractivity contribution in [1.82, 2.24) is 5.32 Å². The van der Waals surface area contributed by atoms with Gasteiger partial charge >= 0.3 is 0 Å². The number of carbonyl (C=O) groups is 1. The molecule has 0 aromatic heterocycles. The summed E-state index contributed by atoms with van der Waals surface area (Å²) in [5, 5.41) is 8.08. The van der Waals surface area contributed by atoms with Crippen LogP contribution in [0.4, 0.5) is 0 Å². The molecule has 5 nitrogen and oxygen atoms in total. The van der Waals surface area contributed by atoms with E-state index < -0.39 is 10.0 Å². The molecule has 0 saturated heterocycles. The number of rotatable bonds is 4. The zero-order valence-corrected chi connectivity index (χ0v) is 14.2. The van der Waals surface area contributed by atoms with Crippen LogP contribution in [0.3, 0.4) is 0 Å². The Morgan fingerprint density at radius 1 is 1.38 bits per heavy atom. The number of hydrogen-bond acceptors (Lipinski definition) is 3. The summed E-state index contributed by atoms with van der Waals surface area (Å²) in [7, 11) is -3.86. The normalized spacial score (nSPS) is 17.7. The molecule has 1 aromatic rings. The molecule has 1 saturated carbocycles. The van der Waals surface area contributed by atoms with Gasteiger partial charge in [0, 0.05) is 16.1 Å². The minimum absolute atomic E-state index is 0.0799. The fraction of sp³-hybridized carbons (Fsp3) is 0.500. The molecule has 7 heteroatoms. The van der Waals surface area contributed by atoms with E-state index in [1.807, 2.05) is 6.92 Å². The van der Waals surface area contributed by atoms with Gasteiger partial charge in [0.1, 0.15) is 0 Å². The van der Waals surface area contributed by atoms with Gasteiger partial charge in [-0.3, -0.25) is 4.79 Å². The summed E-state index contributed by atoms with van der Waals surface area (Å²) in [4.78, 5) is 12.2. The van der Waals surface area contributed by atoms with Crippen LogP contribution in [-0.2, 0) is 10.0 Å². The van der Waals surface area contributed by atoms with Crippen molar-refractivity contribution in [2.45, 2.75) is 43.5 Å². The summed E-state index contributed by atoms with van der Waals surface area (Å²) in [6, 6.07) is 4.49. The molecule has 1 atom stereocenters. The van der Waals surface area contributed by atoms with Crippen LogP contribution in [0.2, 0.25) is 0 Å². The van der Waals surface area contributed by atoms with Gasteiger partial charge in [-0.05, 0) is 59.8 Å². The second-order valence-corrected chi connectivity index (χ2v) is 7.88. The van der Waals surface area contributed by atoms with Crippen LogP contribution in [0.15, 0.2) is 27.6 Å². The maximum Gasteiger partial charge on any atom is 0.251 e. The molecule has 21 heavy (non-hydrogen) atoms. The Morgan fingerprint density at radius 2 is 2.00 bits per heavy atom. The predicted molar refractivity (Wildman–Crippen MR) is 84.4 cm³/mol. The molecule has 0 heterocycles. The maximum absolute atomic E-state index is 12.2. The quantitative estimate of drug-likeness (QED) is 0.847. The van der Waals surface area contributed by atoms with Crippen molar-refractivity contribution >= 4 is 31.9 Å². The zero-order chi connectivity index (χ0) is 15.6. The molecule has 1 aliphatic rings. The van der Waals surface area contributed by atoms with E-state index in [0.29, 0.717) is 16.0 Å². The van der Waals surface area contributed by atoms with Crippen LogP contribution in [-0.4, -0.2) is 20.4 Å². The van der Waals surface area contributed by atoms with Crippen molar-refractivity contribution < 1.29 is 13.2 Å². The van der Waals surface area contributed by atoms with E-state index in [-0.39, 0.29) is 16.8 Å². The smallest absolute Gasteiger partial charge is 0.251 e. The third kappa shape index (κ3) is 4.05. The van der Waals surface area contributed by atoms with Crippen LogP contribution in [0.25, 0.3) is 0 Å². The average molecular weight is 375 g/mol. The Hall–Kier alpha value is -0.920. The van der Waals surface area contributed by atoms with Crippen LogP contribution in [0.1, 0.15) is 43.0 Å². The Balaban J connectivity index is 2.16. The lowest BCUT2D eigenvalue weighted by Crippen LogP contribution is -2.37. The van der Waals surface area contributed by atoms with E-state index >= 15 is 0 Å². The van der Waals surface area contributed by atoms with Gasteiger partial charge in [-0.25, -0.2) is 13.6 Å². The van der Waals surface area contributed by atoms with Gasteiger partial charge < -0.3 is 5.32 Å². The zero-order valence-electron chi connectivity index (χ0n) is 11.8. The van der Waals surface area contributed by atoms with Crippen molar-refractivity contribution in [3.63, 3.8) is 0 Å². The second-order valence-electron chi connectivity index (χ2n) is 5.50. The summed E-state index contributed by atoms with van der Waals surface area (Å²) < 4.78 is 23.3. The van der Waals surface area contributed by atoms with Crippen LogP contribution < -0.4 is 10.5 Å². The Kier molecular flexibility index (Phi) is 5.06. The van der Waals surface area contributed by atoms with Crippen molar-refractivity contribution in [1.29, 1.82) is 0 Å². The highest BCUT2D eigenvalue weighted by Gasteiger charge is 2.24. The lowest BCUT2D eigenvalue weighted by Gasteiger charge is -2.20. The topological polar surface area (TPSA) is 89.3 Å². The molecule has 1 aromatic carbocycles. The number of sulfonamides is 1. The molecule has 2 rings (SSSR count). The first-order chi connectivity index (χ1) is 9.79. The van der Waals surface area contributed by atoms with E-state index in [0.717, 1.165) is 12.8 Å². The number of nitrogens with two attached hydrogens (primary N) is 1. The molecular weight excluding hydrogens is 356 g/mol. The first-order valence-electron chi connectivity index (χ1n) is 6.92. The number of benzene rings is 1. The van der Waals surface area contributed by atoms with Gasteiger partial charge in [0.15, 0.2) is 0 Å². The number of carbonyl (C=O) groups excluding carboxylic acids is 1. The highest BCUT2D eigenvalue weighted by Crippen LogP contribution is 2.28. The third-order valence-electron chi connectivity index (χ3n) is 3.97. The number of halogens is 1. The Bertz CT molecular complexity index is 640. The molecule has 116 valence electrons. The number of primary sulfonamides is 1. The number of amides is 1.